The number of carbonyl (C=O) groups is 1. The number of nitro benzene ring substituents is 1. The molecule has 1 heterocycles. The Morgan fingerprint density at radius 2 is 1.95 bits per heavy atom. The predicted octanol–water partition coefficient (Wildman–Crippen LogP) is 1.27. The minimum atomic E-state index is -0.516. The fourth-order valence-electron chi connectivity index (χ4n) is 2.42. The molecule has 2 rings (SSSR count). The lowest BCUT2D eigenvalue weighted by Crippen LogP contribution is -2.51. The van der Waals surface area contributed by atoms with Crippen LogP contribution in [0.4, 0.5) is 16.2 Å². The number of nitrogens with zero attached hydrogens (tertiary/aromatic N) is 5. The van der Waals surface area contributed by atoms with Crippen molar-refractivity contribution in [3.8, 4) is 6.07 Å². The fraction of sp³-hybridized carbons (Fsp3) is 0.429. The molecule has 0 saturated carbocycles. The van der Waals surface area contributed by atoms with Crippen LogP contribution in [0.15, 0.2) is 18.2 Å². The van der Waals surface area contributed by atoms with Crippen LogP contribution >= 0.6 is 0 Å². The number of nitro groups is 1. The van der Waals surface area contributed by atoms with E-state index < -0.39 is 4.92 Å². The van der Waals surface area contributed by atoms with Crippen molar-refractivity contribution in [1.29, 1.82) is 5.26 Å². The van der Waals surface area contributed by atoms with Gasteiger partial charge in [0.05, 0.1) is 16.2 Å². The van der Waals surface area contributed by atoms with Crippen LogP contribution in [0.1, 0.15) is 5.56 Å². The molecule has 1 aliphatic heterocycles. The van der Waals surface area contributed by atoms with E-state index >= 15 is 0 Å². The number of urea groups is 1. The average Bonchev–Trinajstić information content (AvgIpc) is 2.53. The Labute approximate surface area is 128 Å². The Morgan fingerprint density at radius 3 is 2.45 bits per heavy atom. The summed E-state index contributed by atoms with van der Waals surface area (Å²) in [6.07, 6.45) is 0. The van der Waals surface area contributed by atoms with Crippen molar-refractivity contribution in [3.63, 3.8) is 0 Å². The minimum Gasteiger partial charge on any atom is -0.367 e. The lowest BCUT2D eigenvalue weighted by atomic mass is 10.1. The van der Waals surface area contributed by atoms with Gasteiger partial charge in [-0.2, -0.15) is 5.26 Å². The number of nitriles is 1. The SMILES string of the molecule is CN(C)C(=O)N1CCN(c2ccc([N+](=O)[O-])cc2C#N)CC1. The molecule has 0 spiro atoms. The van der Waals surface area contributed by atoms with E-state index in [1.807, 2.05) is 11.0 Å². The molecule has 0 bridgehead atoms. The number of hydrogen-bond donors (Lipinski definition) is 0. The van der Waals surface area contributed by atoms with Crippen LogP contribution in [0.5, 0.6) is 0 Å². The number of anilines is 1. The number of piperazine rings is 1. The highest BCUT2D eigenvalue weighted by Crippen LogP contribution is 2.26. The van der Waals surface area contributed by atoms with E-state index in [0.717, 1.165) is 0 Å². The molecule has 0 radical (unpaired) electrons. The van der Waals surface area contributed by atoms with Gasteiger partial charge in [-0.15, -0.1) is 0 Å². The molecule has 0 atom stereocenters. The first-order chi connectivity index (χ1) is 10.4. The maximum Gasteiger partial charge on any atom is 0.319 e. The lowest BCUT2D eigenvalue weighted by Gasteiger charge is -2.37. The average molecular weight is 303 g/mol. The normalized spacial score (nSPS) is 14.4. The summed E-state index contributed by atoms with van der Waals surface area (Å²) in [5.41, 5.74) is 0.855. The Hall–Kier alpha value is -2.82. The molecule has 0 aromatic heterocycles. The van der Waals surface area contributed by atoms with Crippen LogP contribution in [-0.4, -0.2) is 61.0 Å². The van der Waals surface area contributed by atoms with Crippen molar-refractivity contribution >= 4 is 17.4 Å². The molecule has 0 N–H and O–H groups in total. The van der Waals surface area contributed by atoms with E-state index in [9.17, 15) is 20.2 Å². The lowest BCUT2D eigenvalue weighted by molar-refractivity contribution is -0.384. The predicted molar refractivity (Wildman–Crippen MR) is 80.7 cm³/mol. The molecule has 8 nitrogen and oxygen atoms in total. The highest BCUT2D eigenvalue weighted by Gasteiger charge is 2.24. The van der Waals surface area contributed by atoms with Crippen molar-refractivity contribution in [3.05, 3.63) is 33.9 Å². The third kappa shape index (κ3) is 3.09. The first-order valence-electron chi connectivity index (χ1n) is 6.83. The van der Waals surface area contributed by atoms with Crippen LogP contribution in [0.3, 0.4) is 0 Å². The van der Waals surface area contributed by atoms with Gasteiger partial charge >= 0.3 is 6.03 Å². The Morgan fingerprint density at radius 1 is 1.32 bits per heavy atom. The second kappa shape index (κ2) is 6.30. The highest BCUT2D eigenvalue weighted by atomic mass is 16.6. The van der Waals surface area contributed by atoms with Crippen LogP contribution in [0.2, 0.25) is 0 Å². The third-order valence-corrected chi connectivity index (χ3v) is 3.58. The third-order valence-electron chi connectivity index (χ3n) is 3.58. The summed E-state index contributed by atoms with van der Waals surface area (Å²) in [5.74, 6) is 0. The summed E-state index contributed by atoms with van der Waals surface area (Å²) in [5, 5.41) is 20.0. The quantitative estimate of drug-likeness (QED) is 0.606. The van der Waals surface area contributed by atoms with Crippen molar-refractivity contribution in [2.24, 2.45) is 0 Å². The fourth-order valence-corrected chi connectivity index (χ4v) is 2.42. The van der Waals surface area contributed by atoms with Crippen molar-refractivity contribution < 1.29 is 9.72 Å². The maximum atomic E-state index is 11.9. The zero-order valence-corrected chi connectivity index (χ0v) is 12.5. The molecular weight excluding hydrogens is 286 g/mol. The number of benzene rings is 1. The topological polar surface area (TPSA) is 93.7 Å². The number of amides is 2. The van der Waals surface area contributed by atoms with Gasteiger partial charge in [-0.05, 0) is 6.07 Å². The summed E-state index contributed by atoms with van der Waals surface area (Å²) in [6.45, 7) is 2.29. The van der Waals surface area contributed by atoms with Gasteiger partial charge in [-0.25, -0.2) is 4.79 Å². The van der Waals surface area contributed by atoms with E-state index in [2.05, 4.69) is 0 Å². The zero-order chi connectivity index (χ0) is 16.3. The number of carbonyl (C=O) groups excluding carboxylic acids is 1. The van der Waals surface area contributed by atoms with Gasteiger partial charge in [-0.1, -0.05) is 0 Å². The van der Waals surface area contributed by atoms with Gasteiger partial charge < -0.3 is 14.7 Å². The number of non-ortho nitro benzene ring substituents is 1. The molecule has 0 unspecified atom stereocenters. The smallest absolute Gasteiger partial charge is 0.319 e. The summed E-state index contributed by atoms with van der Waals surface area (Å²) >= 11 is 0. The molecule has 116 valence electrons. The molecule has 22 heavy (non-hydrogen) atoms. The number of hydrogen-bond acceptors (Lipinski definition) is 5. The van der Waals surface area contributed by atoms with Crippen LogP contribution < -0.4 is 4.90 Å². The largest absolute Gasteiger partial charge is 0.367 e. The molecule has 1 fully saturated rings. The molecular formula is C14H17N5O3. The van der Waals surface area contributed by atoms with Gasteiger partial charge in [0.2, 0.25) is 0 Å². The van der Waals surface area contributed by atoms with Crippen molar-refractivity contribution in [2.45, 2.75) is 0 Å². The summed E-state index contributed by atoms with van der Waals surface area (Å²) in [6, 6.07) is 6.25. The molecule has 0 aliphatic carbocycles. The van der Waals surface area contributed by atoms with Gasteiger partial charge in [-0.3, -0.25) is 10.1 Å². The Bertz CT molecular complexity index is 630. The summed E-state index contributed by atoms with van der Waals surface area (Å²) in [7, 11) is 3.41. The van der Waals surface area contributed by atoms with E-state index in [4.69, 9.17) is 0 Å². The summed E-state index contributed by atoms with van der Waals surface area (Å²) in [4.78, 5) is 27.4. The van der Waals surface area contributed by atoms with Gasteiger partial charge in [0, 0.05) is 52.4 Å². The minimum absolute atomic E-state index is 0.0381. The van der Waals surface area contributed by atoms with Gasteiger partial charge in [0.15, 0.2) is 0 Å². The van der Waals surface area contributed by atoms with E-state index in [1.165, 1.54) is 17.0 Å². The van der Waals surface area contributed by atoms with Gasteiger partial charge in [0.1, 0.15) is 6.07 Å². The van der Waals surface area contributed by atoms with E-state index in [0.29, 0.717) is 31.9 Å². The van der Waals surface area contributed by atoms with Crippen molar-refractivity contribution in [2.75, 3.05) is 45.2 Å². The zero-order valence-electron chi connectivity index (χ0n) is 12.5. The van der Waals surface area contributed by atoms with E-state index in [-0.39, 0.29) is 17.3 Å². The van der Waals surface area contributed by atoms with Crippen LogP contribution in [0.25, 0.3) is 0 Å². The first kappa shape index (κ1) is 15.6. The Balaban J connectivity index is 2.13. The van der Waals surface area contributed by atoms with E-state index in [1.54, 1.807) is 25.1 Å². The maximum absolute atomic E-state index is 11.9. The molecule has 1 aliphatic rings. The van der Waals surface area contributed by atoms with Crippen LogP contribution in [-0.2, 0) is 0 Å². The summed E-state index contributed by atoms with van der Waals surface area (Å²) < 4.78 is 0. The first-order valence-corrected chi connectivity index (χ1v) is 6.83. The highest BCUT2D eigenvalue weighted by molar-refractivity contribution is 5.74. The Kier molecular flexibility index (Phi) is 4.46. The van der Waals surface area contributed by atoms with Crippen molar-refractivity contribution in [1.82, 2.24) is 9.80 Å². The second-order valence-electron chi connectivity index (χ2n) is 5.22. The molecule has 1 aromatic rings. The molecule has 8 heteroatoms. The van der Waals surface area contributed by atoms with Gasteiger partial charge in [0.25, 0.3) is 5.69 Å². The number of rotatable bonds is 2. The van der Waals surface area contributed by atoms with Crippen LogP contribution in [0, 0.1) is 21.4 Å². The molecule has 1 saturated heterocycles. The molecule has 1 aromatic carbocycles. The second-order valence-corrected chi connectivity index (χ2v) is 5.22. The standard InChI is InChI=1S/C14H17N5O3/c1-16(2)14(20)18-7-5-17(6-8-18)13-4-3-12(19(21)22)9-11(13)10-15/h3-4,9H,5-8H2,1-2H3. The monoisotopic (exact) mass is 303 g/mol. The molecule has 2 amide bonds.